The van der Waals surface area contributed by atoms with E-state index in [1.807, 2.05) is 62.4 Å². The normalized spacial score (nSPS) is 11.2. The van der Waals surface area contributed by atoms with Gasteiger partial charge in [-0.3, -0.25) is 4.79 Å². The first kappa shape index (κ1) is 29.2. The zero-order chi connectivity index (χ0) is 30.6. The Labute approximate surface area is 247 Å². The minimum atomic E-state index is -4.87. The summed E-state index contributed by atoms with van der Waals surface area (Å²) in [5.74, 6) is 1.68. The van der Waals surface area contributed by atoms with Gasteiger partial charge in [0.05, 0.1) is 18.7 Å². The highest BCUT2D eigenvalue weighted by atomic mass is 19.4. The lowest BCUT2D eigenvalue weighted by atomic mass is 10.0. The summed E-state index contributed by atoms with van der Waals surface area (Å²) in [7, 11) is 0. The maximum absolute atomic E-state index is 13.9. The molecule has 1 heterocycles. The lowest BCUT2D eigenvalue weighted by Gasteiger charge is -2.19. The van der Waals surface area contributed by atoms with Crippen LogP contribution in [0.4, 0.5) is 18.9 Å². The summed E-state index contributed by atoms with van der Waals surface area (Å²) in [6, 6.07) is 29.9. The minimum Gasteiger partial charge on any atom is -0.489 e. The number of hydrogen-bond donors (Lipinski definition) is 0. The van der Waals surface area contributed by atoms with E-state index in [2.05, 4.69) is 4.85 Å². The fraction of sp³-hybridized carbons (Fsp3) is 0.143. The largest absolute Gasteiger partial charge is 0.489 e. The molecule has 0 radical (unpaired) electrons. The van der Waals surface area contributed by atoms with Gasteiger partial charge >= 0.3 is 6.18 Å². The molecular weight excluding hydrogens is 553 g/mol. The molecule has 0 amide bonds. The summed E-state index contributed by atoms with van der Waals surface area (Å²) < 4.78 is 54.7. The lowest BCUT2D eigenvalue weighted by molar-refractivity contribution is -0.136. The fourth-order valence-electron chi connectivity index (χ4n) is 4.72. The van der Waals surface area contributed by atoms with Crippen molar-refractivity contribution >= 4 is 5.69 Å². The van der Waals surface area contributed by atoms with Crippen molar-refractivity contribution in [2.75, 3.05) is 0 Å². The molecule has 0 atom stereocenters. The van der Waals surface area contributed by atoms with Gasteiger partial charge in [-0.25, -0.2) is 4.85 Å². The van der Waals surface area contributed by atoms with E-state index >= 15 is 0 Å². The average molecular weight is 581 g/mol. The van der Waals surface area contributed by atoms with Gasteiger partial charge in [0.2, 0.25) is 0 Å². The maximum atomic E-state index is 13.9. The van der Waals surface area contributed by atoms with E-state index < -0.39 is 23.0 Å². The van der Waals surface area contributed by atoms with E-state index in [0.29, 0.717) is 29.4 Å². The Morgan fingerprint density at radius 1 is 0.814 bits per heavy atom. The molecule has 5 rings (SSSR count). The molecule has 0 aliphatic heterocycles. The molecule has 5 nitrogen and oxygen atoms in total. The van der Waals surface area contributed by atoms with Gasteiger partial charge in [0, 0.05) is 5.69 Å². The first-order chi connectivity index (χ1) is 20.6. The van der Waals surface area contributed by atoms with E-state index in [4.69, 9.17) is 16.0 Å². The van der Waals surface area contributed by atoms with Crippen LogP contribution in [0.5, 0.6) is 17.2 Å². The summed E-state index contributed by atoms with van der Waals surface area (Å²) in [6.07, 6.45) is -4.87. The summed E-state index contributed by atoms with van der Waals surface area (Å²) in [5.41, 5.74) is 0.961. The van der Waals surface area contributed by atoms with Crippen LogP contribution in [0.1, 0.15) is 27.8 Å². The number of aryl methyl sites for hydroxylation is 2. The highest BCUT2D eigenvalue weighted by Crippen LogP contribution is 2.38. The number of nitrogens with zero attached hydrogens (tertiary/aromatic N) is 2. The smallest absolute Gasteiger partial charge is 0.407 e. The second kappa shape index (κ2) is 12.3. The third-order valence-electron chi connectivity index (χ3n) is 6.98. The molecule has 43 heavy (non-hydrogen) atoms. The Balaban J connectivity index is 1.42. The van der Waals surface area contributed by atoms with Crippen molar-refractivity contribution in [1.82, 2.24) is 4.57 Å². The van der Waals surface area contributed by atoms with Crippen LogP contribution < -0.4 is 15.0 Å². The van der Waals surface area contributed by atoms with Crippen LogP contribution in [0.25, 0.3) is 16.1 Å². The molecular formula is C35H27F3N2O3. The molecule has 0 saturated carbocycles. The van der Waals surface area contributed by atoms with Crippen LogP contribution in [-0.4, -0.2) is 4.57 Å². The maximum Gasteiger partial charge on any atom is 0.407 e. The number of pyridine rings is 1. The first-order valence-electron chi connectivity index (χ1n) is 13.5. The van der Waals surface area contributed by atoms with Gasteiger partial charge in [-0.2, -0.15) is 13.2 Å². The van der Waals surface area contributed by atoms with Crippen LogP contribution in [0.15, 0.2) is 108 Å². The molecule has 0 aliphatic carbocycles. The van der Waals surface area contributed by atoms with Crippen LogP contribution in [0.2, 0.25) is 0 Å². The van der Waals surface area contributed by atoms with Crippen molar-refractivity contribution < 1.29 is 22.6 Å². The van der Waals surface area contributed by atoms with Crippen LogP contribution in [0, 0.1) is 20.4 Å². The third kappa shape index (κ3) is 6.79. The van der Waals surface area contributed by atoms with Gasteiger partial charge in [-0.15, -0.1) is 0 Å². The van der Waals surface area contributed by atoms with Crippen LogP contribution in [-0.2, 0) is 19.3 Å². The zero-order valence-corrected chi connectivity index (χ0v) is 23.5. The molecule has 0 saturated heterocycles. The molecule has 4 aromatic carbocycles. The predicted octanol–water partition coefficient (Wildman–Crippen LogP) is 9.12. The van der Waals surface area contributed by atoms with E-state index in [9.17, 15) is 18.0 Å². The van der Waals surface area contributed by atoms with Gasteiger partial charge in [-0.05, 0) is 90.7 Å². The Morgan fingerprint density at radius 2 is 1.44 bits per heavy atom. The number of halogens is 3. The van der Waals surface area contributed by atoms with Gasteiger partial charge in [0.1, 0.15) is 23.9 Å². The summed E-state index contributed by atoms with van der Waals surface area (Å²) >= 11 is 0. The topological polar surface area (TPSA) is 44.8 Å². The van der Waals surface area contributed by atoms with Crippen LogP contribution in [0.3, 0.4) is 0 Å². The van der Waals surface area contributed by atoms with E-state index in [0.717, 1.165) is 28.3 Å². The molecule has 216 valence electrons. The molecule has 0 fully saturated rings. The molecule has 0 spiro atoms. The van der Waals surface area contributed by atoms with E-state index in [1.54, 1.807) is 48.5 Å². The highest BCUT2D eigenvalue weighted by Gasteiger charge is 2.36. The van der Waals surface area contributed by atoms with Gasteiger partial charge in [-0.1, -0.05) is 54.1 Å². The zero-order valence-electron chi connectivity index (χ0n) is 23.5. The second-order valence-corrected chi connectivity index (χ2v) is 10.1. The fourth-order valence-corrected chi connectivity index (χ4v) is 4.72. The number of alkyl halides is 3. The second-order valence-electron chi connectivity index (χ2n) is 10.1. The minimum absolute atomic E-state index is 0.0118. The number of hydrogen-bond acceptors (Lipinski definition) is 3. The third-order valence-corrected chi connectivity index (χ3v) is 6.98. The van der Waals surface area contributed by atoms with Crippen molar-refractivity contribution in [3.63, 3.8) is 0 Å². The van der Waals surface area contributed by atoms with Crippen molar-refractivity contribution in [3.05, 3.63) is 153 Å². The number of ether oxygens (including phenoxy) is 2. The standard InChI is InChI=1S/C35H27F3N2O3/c1-23-9-10-27(24(2)19-23)21-40-32(20-31(35(36,37)38)33(39-3)34(40)41)26-11-13-29(14-12-26)43-30-17-15-28(16-18-30)42-22-25-7-5-4-6-8-25/h4-20H,21-22H2,1-2H3. The van der Waals surface area contributed by atoms with Crippen molar-refractivity contribution in [3.8, 4) is 28.5 Å². The number of aromatic nitrogens is 1. The monoisotopic (exact) mass is 580 g/mol. The van der Waals surface area contributed by atoms with Crippen molar-refractivity contribution in [2.45, 2.75) is 33.2 Å². The van der Waals surface area contributed by atoms with E-state index in [1.165, 1.54) is 4.57 Å². The predicted molar refractivity (Wildman–Crippen MR) is 160 cm³/mol. The Bertz CT molecular complexity index is 1840. The highest BCUT2D eigenvalue weighted by molar-refractivity contribution is 5.67. The van der Waals surface area contributed by atoms with Gasteiger partial charge in [0.15, 0.2) is 0 Å². The SMILES string of the molecule is [C-]#[N+]c1c(C(F)(F)F)cc(-c2ccc(Oc3ccc(OCc4ccccc4)cc3)cc2)n(Cc2ccc(C)cc2C)c1=O. The molecule has 8 heteroatoms. The molecule has 0 bridgehead atoms. The van der Waals surface area contributed by atoms with Gasteiger partial charge in [0.25, 0.3) is 11.2 Å². The Hall–Kier alpha value is -5.29. The summed E-state index contributed by atoms with van der Waals surface area (Å²) in [5, 5.41) is 0. The number of benzene rings is 4. The molecule has 5 aromatic rings. The van der Waals surface area contributed by atoms with Crippen LogP contribution >= 0.6 is 0 Å². The molecule has 0 unspecified atom stereocenters. The average Bonchev–Trinajstić information content (AvgIpc) is 2.99. The molecule has 0 aliphatic rings. The Morgan fingerprint density at radius 3 is 2.05 bits per heavy atom. The van der Waals surface area contributed by atoms with Gasteiger partial charge < -0.3 is 14.0 Å². The van der Waals surface area contributed by atoms with E-state index in [-0.39, 0.29) is 12.2 Å². The van der Waals surface area contributed by atoms with Crippen molar-refractivity contribution in [2.24, 2.45) is 0 Å². The Kier molecular flexibility index (Phi) is 8.35. The molecule has 0 N–H and O–H groups in total. The first-order valence-corrected chi connectivity index (χ1v) is 13.5. The number of rotatable bonds is 8. The molecule has 1 aromatic heterocycles. The lowest BCUT2D eigenvalue weighted by Crippen LogP contribution is -2.25. The van der Waals surface area contributed by atoms with Crippen molar-refractivity contribution in [1.29, 1.82) is 0 Å². The summed E-state index contributed by atoms with van der Waals surface area (Å²) in [4.78, 5) is 16.3. The quantitative estimate of drug-likeness (QED) is 0.172. The summed E-state index contributed by atoms with van der Waals surface area (Å²) in [6.45, 7) is 11.6.